The average molecular weight is 522 g/mol. The van der Waals surface area contributed by atoms with Crippen molar-refractivity contribution in [2.75, 3.05) is 11.9 Å². The van der Waals surface area contributed by atoms with Gasteiger partial charge in [-0.05, 0) is 66.8 Å². The zero-order valence-electron chi connectivity index (χ0n) is 23.7. The van der Waals surface area contributed by atoms with Crippen molar-refractivity contribution < 1.29 is 4.74 Å². The maximum absolute atomic E-state index is 5.75. The van der Waals surface area contributed by atoms with Crippen LogP contribution in [0.1, 0.15) is 76.3 Å². The van der Waals surface area contributed by atoms with Gasteiger partial charge in [-0.2, -0.15) is 5.11 Å². The van der Waals surface area contributed by atoms with Crippen LogP contribution >= 0.6 is 0 Å². The van der Waals surface area contributed by atoms with Crippen LogP contribution in [0.15, 0.2) is 95.2 Å². The third-order valence-corrected chi connectivity index (χ3v) is 7.10. The molecule has 0 spiro atoms. The Morgan fingerprint density at radius 2 is 1.31 bits per heavy atom. The second-order valence-electron chi connectivity index (χ2n) is 10.3. The van der Waals surface area contributed by atoms with Gasteiger partial charge in [0.25, 0.3) is 0 Å². The summed E-state index contributed by atoms with van der Waals surface area (Å²) in [7, 11) is 0. The molecule has 0 fully saturated rings. The van der Waals surface area contributed by atoms with Crippen molar-refractivity contribution in [1.29, 1.82) is 0 Å². The minimum atomic E-state index is 0.744. The third kappa shape index (κ3) is 8.95. The van der Waals surface area contributed by atoms with Gasteiger partial charge in [0.15, 0.2) is 0 Å². The molecule has 0 unspecified atom stereocenters. The number of nitrogens with zero attached hydrogens (tertiary/aromatic N) is 2. The molecule has 4 rings (SSSR count). The van der Waals surface area contributed by atoms with E-state index >= 15 is 0 Å². The van der Waals surface area contributed by atoms with E-state index in [1.165, 1.54) is 56.1 Å². The molecule has 0 bridgehead atoms. The second kappa shape index (κ2) is 15.7. The number of hydrogen-bond donors (Lipinski definition) is 1. The highest BCUT2D eigenvalue weighted by atomic mass is 16.5. The van der Waals surface area contributed by atoms with Crippen molar-refractivity contribution in [2.45, 2.75) is 78.2 Å². The number of benzene rings is 4. The molecule has 1 N–H and O–H groups in total. The number of anilines is 1. The summed E-state index contributed by atoms with van der Waals surface area (Å²) in [5.74, 6) is 0.871. The Kier molecular flexibility index (Phi) is 11.4. The van der Waals surface area contributed by atoms with Crippen LogP contribution in [0.4, 0.5) is 17.1 Å². The predicted octanol–water partition coefficient (Wildman–Crippen LogP) is 10.9. The summed E-state index contributed by atoms with van der Waals surface area (Å²) in [5.41, 5.74) is 5.50. The van der Waals surface area contributed by atoms with Gasteiger partial charge in [-0.25, -0.2) is 0 Å². The number of unbranched alkanes of at least 4 members (excludes halogenated alkanes) is 6. The number of rotatable bonds is 16. The Morgan fingerprint density at radius 3 is 2.08 bits per heavy atom. The van der Waals surface area contributed by atoms with E-state index in [0.29, 0.717) is 0 Å². The van der Waals surface area contributed by atoms with Crippen LogP contribution in [0, 0.1) is 0 Å². The molecule has 4 aromatic carbocycles. The van der Waals surface area contributed by atoms with Gasteiger partial charge in [0.05, 0.1) is 18.0 Å². The van der Waals surface area contributed by atoms with Crippen LogP contribution in [-0.2, 0) is 13.0 Å². The van der Waals surface area contributed by atoms with Gasteiger partial charge in [-0.15, -0.1) is 5.11 Å². The Balaban J connectivity index is 1.35. The third-order valence-electron chi connectivity index (χ3n) is 7.10. The number of hydrogen-bond acceptors (Lipinski definition) is 4. The lowest BCUT2D eigenvalue weighted by atomic mass is 10.0. The van der Waals surface area contributed by atoms with Gasteiger partial charge in [0.1, 0.15) is 5.75 Å². The summed E-state index contributed by atoms with van der Waals surface area (Å²) in [6.45, 7) is 5.96. The molecule has 0 saturated carbocycles. The molecule has 0 aromatic heterocycles. The molecule has 204 valence electrons. The smallest absolute Gasteiger partial charge is 0.119 e. The van der Waals surface area contributed by atoms with Crippen molar-refractivity contribution in [1.82, 2.24) is 0 Å². The van der Waals surface area contributed by atoms with Gasteiger partial charge in [0.2, 0.25) is 0 Å². The first-order valence-electron chi connectivity index (χ1n) is 14.7. The summed E-state index contributed by atoms with van der Waals surface area (Å²) >= 11 is 0. The van der Waals surface area contributed by atoms with Crippen LogP contribution in [0.25, 0.3) is 10.8 Å². The largest absolute Gasteiger partial charge is 0.494 e. The molecule has 0 aliphatic carbocycles. The van der Waals surface area contributed by atoms with E-state index in [9.17, 15) is 0 Å². The summed E-state index contributed by atoms with van der Waals surface area (Å²) in [6, 6.07) is 29.4. The molecular formula is C35H43N3O. The van der Waals surface area contributed by atoms with Gasteiger partial charge in [-0.1, -0.05) is 101 Å². The van der Waals surface area contributed by atoms with Gasteiger partial charge in [-0.3, -0.25) is 0 Å². The van der Waals surface area contributed by atoms with Gasteiger partial charge < -0.3 is 10.1 Å². The monoisotopic (exact) mass is 521 g/mol. The first-order chi connectivity index (χ1) is 19.3. The Morgan fingerprint density at radius 1 is 0.615 bits per heavy atom. The number of fused-ring (bicyclic) bond motifs is 1. The SMILES string of the molecule is CCCCCCCCc1ccc(CNc2ccc(N=Nc3ccc(OCCCC)cc3)c3ccccc23)cc1. The van der Waals surface area contributed by atoms with E-state index in [1.54, 1.807) is 0 Å². The molecule has 0 radical (unpaired) electrons. The molecular weight excluding hydrogens is 478 g/mol. The number of ether oxygens (including phenoxy) is 1. The zero-order valence-corrected chi connectivity index (χ0v) is 23.7. The van der Waals surface area contributed by atoms with E-state index in [1.807, 2.05) is 30.3 Å². The van der Waals surface area contributed by atoms with Crippen LogP contribution in [-0.4, -0.2) is 6.61 Å². The lowest BCUT2D eigenvalue weighted by Gasteiger charge is -2.12. The molecule has 0 atom stereocenters. The van der Waals surface area contributed by atoms with E-state index in [-0.39, 0.29) is 0 Å². The minimum absolute atomic E-state index is 0.744. The molecule has 0 saturated heterocycles. The maximum atomic E-state index is 5.75. The van der Waals surface area contributed by atoms with Gasteiger partial charge >= 0.3 is 0 Å². The molecule has 4 nitrogen and oxygen atoms in total. The maximum Gasteiger partial charge on any atom is 0.119 e. The lowest BCUT2D eigenvalue weighted by Crippen LogP contribution is -2.00. The van der Waals surface area contributed by atoms with Gasteiger partial charge in [0, 0.05) is 23.0 Å². The standard InChI is InChI=1S/C35H43N3O/c1-3-5-7-8-9-10-13-28-16-18-29(19-17-28)27-36-34-24-25-35(33-15-12-11-14-32(33)34)38-37-30-20-22-31(23-21-30)39-26-6-4-2/h11-12,14-25,36H,3-10,13,26-27H2,1-2H3. The number of aryl methyl sites for hydroxylation is 1. The summed E-state index contributed by atoms with van der Waals surface area (Å²) in [5, 5.41) is 14.9. The molecule has 0 amide bonds. The fraction of sp³-hybridized carbons (Fsp3) is 0.371. The highest BCUT2D eigenvalue weighted by Crippen LogP contribution is 2.33. The Bertz CT molecular complexity index is 1300. The number of azo groups is 1. The van der Waals surface area contributed by atoms with Crippen LogP contribution in [0.3, 0.4) is 0 Å². The molecule has 4 heteroatoms. The van der Waals surface area contributed by atoms with Crippen molar-refractivity contribution in [3.8, 4) is 5.75 Å². The topological polar surface area (TPSA) is 46.0 Å². The molecule has 4 aromatic rings. The van der Waals surface area contributed by atoms with Crippen LogP contribution in [0.5, 0.6) is 5.75 Å². The fourth-order valence-corrected chi connectivity index (χ4v) is 4.71. The van der Waals surface area contributed by atoms with Crippen molar-refractivity contribution in [3.63, 3.8) is 0 Å². The molecule has 0 heterocycles. The predicted molar refractivity (Wildman–Crippen MR) is 166 cm³/mol. The Hall–Kier alpha value is -3.66. The quantitative estimate of drug-likeness (QED) is 0.118. The zero-order chi connectivity index (χ0) is 27.1. The summed E-state index contributed by atoms with van der Waals surface area (Å²) in [4.78, 5) is 0. The first kappa shape index (κ1) is 28.4. The highest BCUT2D eigenvalue weighted by molar-refractivity contribution is 6.00. The van der Waals surface area contributed by atoms with E-state index < -0.39 is 0 Å². The summed E-state index contributed by atoms with van der Waals surface area (Å²) < 4.78 is 5.75. The average Bonchev–Trinajstić information content (AvgIpc) is 2.98. The van der Waals surface area contributed by atoms with Crippen molar-refractivity contribution in [2.24, 2.45) is 10.2 Å². The normalized spacial score (nSPS) is 11.3. The second-order valence-corrected chi connectivity index (χ2v) is 10.3. The van der Waals surface area contributed by atoms with E-state index in [0.717, 1.165) is 59.6 Å². The molecule has 0 aliphatic rings. The minimum Gasteiger partial charge on any atom is -0.494 e. The highest BCUT2D eigenvalue weighted by Gasteiger charge is 2.06. The Labute approximate surface area is 234 Å². The van der Waals surface area contributed by atoms with Crippen molar-refractivity contribution >= 4 is 27.8 Å². The van der Waals surface area contributed by atoms with E-state index in [2.05, 4.69) is 84.0 Å². The molecule has 0 aliphatic heterocycles. The van der Waals surface area contributed by atoms with Crippen LogP contribution < -0.4 is 10.1 Å². The van der Waals surface area contributed by atoms with E-state index in [4.69, 9.17) is 4.74 Å². The summed E-state index contributed by atoms with van der Waals surface area (Å²) in [6.07, 6.45) is 11.4. The van der Waals surface area contributed by atoms with Crippen LogP contribution in [0.2, 0.25) is 0 Å². The van der Waals surface area contributed by atoms with Crippen molar-refractivity contribution in [3.05, 3.63) is 96.1 Å². The number of nitrogens with one attached hydrogen (secondary N) is 1. The lowest BCUT2D eigenvalue weighted by molar-refractivity contribution is 0.309. The fourth-order valence-electron chi connectivity index (χ4n) is 4.71. The molecule has 39 heavy (non-hydrogen) atoms. The first-order valence-corrected chi connectivity index (χ1v) is 14.7.